The Morgan fingerprint density at radius 1 is 0.727 bits per heavy atom. The molecule has 0 heterocycles. The maximum atomic E-state index is 12.0. The Kier molecular flexibility index (Phi) is 14.9. The highest BCUT2D eigenvalue weighted by Gasteiger charge is 2.29. The van der Waals surface area contributed by atoms with E-state index in [4.69, 9.17) is 4.74 Å². The molecule has 0 radical (unpaired) electrons. The Morgan fingerprint density at radius 3 is 1.27 bits per heavy atom. The fourth-order valence-electron chi connectivity index (χ4n) is 1.96. The minimum absolute atomic E-state index is 0. The van der Waals surface area contributed by atoms with Crippen molar-refractivity contribution in [2.45, 2.75) is 6.10 Å². The fraction of sp³-hybridized carbons (Fsp3) is 0.929. The molecular weight excluding hydrogens is 349 g/mol. The van der Waals surface area contributed by atoms with Gasteiger partial charge in [-0.15, -0.1) is 0 Å². The van der Waals surface area contributed by atoms with Crippen LogP contribution in [0, 0.1) is 0 Å². The van der Waals surface area contributed by atoms with Gasteiger partial charge in [0.15, 0.2) is 12.6 Å². The first-order valence-electron chi connectivity index (χ1n) is 6.79. The molecule has 22 heavy (non-hydrogen) atoms. The zero-order valence-corrected chi connectivity index (χ0v) is 17.8. The summed E-state index contributed by atoms with van der Waals surface area (Å²) in [6.07, 6.45) is -0.0425. The molecule has 0 aromatic heterocycles. The van der Waals surface area contributed by atoms with E-state index in [2.05, 4.69) is 42.3 Å². The van der Waals surface area contributed by atoms with Crippen LogP contribution in [0.3, 0.4) is 0 Å². The van der Waals surface area contributed by atoms with Crippen molar-refractivity contribution in [2.24, 2.45) is 0 Å². The minimum atomic E-state index is -0.112. The molecule has 0 amide bonds. The molecular formula is C14H34Cl3N3O2. The van der Waals surface area contributed by atoms with Crippen LogP contribution >= 0.6 is 0 Å². The monoisotopic (exact) mass is 381 g/mol. The largest absolute Gasteiger partial charge is 1.00 e. The first kappa shape index (κ1) is 30.1. The van der Waals surface area contributed by atoms with Crippen molar-refractivity contribution in [1.82, 2.24) is 0 Å². The molecule has 0 saturated heterocycles. The summed E-state index contributed by atoms with van der Waals surface area (Å²) >= 11 is 0. The number of nitrogens with zero attached hydrogens (tertiary/aromatic N) is 3. The third kappa shape index (κ3) is 20.2. The average Bonchev–Trinajstić information content (AvgIpc) is 1.90. The zero-order valence-electron chi connectivity index (χ0n) is 15.5. The number of likely N-dealkylation sites (N-methyl/N-ethyl adjacent to an activating group) is 3. The molecule has 0 aliphatic carbocycles. The van der Waals surface area contributed by atoms with E-state index in [9.17, 15) is 4.79 Å². The molecule has 0 N–H and O–H groups in total. The van der Waals surface area contributed by atoms with Gasteiger partial charge in [-0.25, -0.2) is 4.79 Å². The van der Waals surface area contributed by atoms with Crippen molar-refractivity contribution in [3.05, 3.63) is 0 Å². The molecule has 0 atom stereocenters. The number of hydrogen-bond donors (Lipinski definition) is 0. The van der Waals surface area contributed by atoms with E-state index >= 15 is 0 Å². The van der Waals surface area contributed by atoms with E-state index in [0.717, 1.165) is 22.1 Å². The summed E-state index contributed by atoms with van der Waals surface area (Å²) in [6.45, 7) is 2.07. The lowest BCUT2D eigenvalue weighted by atomic mass is 10.2. The van der Waals surface area contributed by atoms with E-state index in [1.807, 2.05) is 21.1 Å². The van der Waals surface area contributed by atoms with Crippen molar-refractivity contribution < 1.29 is 60.2 Å². The second-order valence-corrected chi connectivity index (χ2v) is 8.51. The summed E-state index contributed by atoms with van der Waals surface area (Å²) in [5.74, 6) is -0.112. The Labute approximate surface area is 155 Å². The topological polar surface area (TPSA) is 26.3 Å². The minimum Gasteiger partial charge on any atom is -1.00 e. The van der Waals surface area contributed by atoms with Gasteiger partial charge in [0.05, 0.1) is 63.4 Å². The van der Waals surface area contributed by atoms with Gasteiger partial charge in [0.2, 0.25) is 0 Å². The molecule has 5 nitrogen and oxygen atoms in total. The Bertz CT molecular complexity index is 292. The molecule has 0 spiro atoms. The van der Waals surface area contributed by atoms with Gasteiger partial charge in [-0.05, 0) is 0 Å². The van der Waals surface area contributed by atoms with Crippen molar-refractivity contribution in [3.63, 3.8) is 0 Å². The fourth-order valence-corrected chi connectivity index (χ4v) is 1.96. The molecule has 0 unspecified atom stereocenters. The number of quaternary nitrogens is 3. The molecule has 0 bridgehead atoms. The number of ether oxygens (including phenoxy) is 1. The van der Waals surface area contributed by atoms with Crippen LogP contribution in [-0.2, 0) is 9.53 Å². The lowest BCUT2D eigenvalue weighted by molar-refractivity contribution is -0.895. The van der Waals surface area contributed by atoms with E-state index < -0.39 is 0 Å². The highest BCUT2D eigenvalue weighted by Crippen LogP contribution is 2.06. The van der Waals surface area contributed by atoms with E-state index in [1.165, 1.54) is 0 Å². The molecule has 0 aliphatic rings. The Morgan fingerprint density at radius 2 is 1.05 bits per heavy atom. The predicted octanol–water partition coefficient (Wildman–Crippen LogP) is -8.97. The zero-order chi connectivity index (χ0) is 15.5. The quantitative estimate of drug-likeness (QED) is 0.323. The Hall–Kier alpha value is 0.220. The number of rotatable bonds is 7. The van der Waals surface area contributed by atoms with Crippen LogP contribution in [-0.4, -0.2) is 109 Å². The number of carbonyl (C=O) groups is 1. The van der Waals surface area contributed by atoms with Gasteiger partial charge in [0.25, 0.3) is 0 Å². The Balaban J connectivity index is -0.000000540. The van der Waals surface area contributed by atoms with Gasteiger partial charge < -0.3 is 55.4 Å². The predicted molar refractivity (Wildman–Crippen MR) is 78.6 cm³/mol. The van der Waals surface area contributed by atoms with Crippen LogP contribution in [0.15, 0.2) is 0 Å². The smallest absolute Gasteiger partial charge is 0.362 e. The first-order valence-corrected chi connectivity index (χ1v) is 6.79. The van der Waals surface area contributed by atoms with Gasteiger partial charge in [-0.2, -0.15) is 0 Å². The summed E-state index contributed by atoms with van der Waals surface area (Å²) < 4.78 is 7.88. The molecule has 138 valence electrons. The molecule has 8 heteroatoms. The molecule has 0 fully saturated rings. The first-order chi connectivity index (χ1) is 8.18. The normalized spacial score (nSPS) is 11.9. The number of hydrogen-bond acceptors (Lipinski definition) is 2. The third-order valence-electron chi connectivity index (χ3n) is 2.40. The van der Waals surface area contributed by atoms with Crippen molar-refractivity contribution in [3.8, 4) is 0 Å². The maximum Gasteiger partial charge on any atom is 0.362 e. The van der Waals surface area contributed by atoms with Crippen LogP contribution in [0.25, 0.3) is 0 Å². The van der Waals surface area contributed by atoms with Gasteiger partial charge in [-0.1, -0.05) is 0 Å². The van der Waals surface area contributed by atoms with Crippen LogP contribution in [0.4, 0.5) is 0 Å². The van der Waals surface area contributed by atoms with Crippen LogP contribution in [0.2, 0.25) is 0 Å². The molecule has 0 aromatic carbocycles. The highest BCUT2D eigenvalue weighted by molar-refractivity contribution is 5.70. The molecule has 0 aromatic rings. The summed E-state index contributed by atoms with van der Waals surface area (Å²) in [6, 6.07) is 0. The van der Waals surface area contributed by atoms with E-state index in [0.29, 0.717) is 11.0 Å². The van der Waals surface area contributed by atoms with Gasteiger partial charge in [0.1, 0.15) is 13.1 Å². The lowest BCUT2D eigenvalue weighted by Crippen LogP contribution is -3.00. The van der Waals surface area contributed by atoms with Crippen molar-refractivity contribution in [1.29, 1.82) is 0 Å². The highest BCUT2D eigenvalue weighted by atomic mass is 35.5. The standard InChI is InChI=1S/C14H34N3O2.3ClH/c1-15(2,3)10-13(11-16(4,5)6)19-14(18)12-17(7,8)9;;;/h13H,10-12H2,1-9H3;3*1H/q+3;;;/p-3. The summed E-state index contributed by atoms with van der Waals surface area (Å²) in [4.78, 5) is 12.0. The number of esters is 1. The van der Waals surface area contributed by atoms with Crippen LogP contribution in [0.1, 0.15) is 0 Å². The van der Waals surface area contributed by atoms with Gasteiger partial charge >= 0.3 is 5.97 Å². The second-order valence-electron chi connectivity index (χ2n) is 8.51. The molecule has 0 rings (SSSR count). The van der Waals surface area contributed by atoms with Crippen molar-refractivity contribution in [2.75, 3.05) is 83.1 Å². The van der Waals surface area contributed by atoms with E-state index in [1.54, 1.807) is 0 Å². The van der Waals surface area contributed by atoms with Crippen LogP contribution < -0.4 is 37.2 Å². The second kappa shape index (κ2) is 10.9. The number of carbonyl (C=O) groups excluding carboxylic acids is 1. The van der Waals surface area contributed by atoms with Crippen molar-refractivity contribution >= 4 is 5.97 Å². The maximum absolute atomic E-state index is 12.0. The van der Waals surface area contributed by atoms with E-state index in [-0.39, 0.29) is 49.3 Å². The SMILES string of the molecule is C[N+](C)(C)CC(=O)OC(C[N+](C)(C)C)C[N+](C)(C)C.[Cl-].[Cl-].[Cl-]. The van der Waals surface area contributed by atoms with Gasteiger partial charge in [-0.3, -0.25) is 0 Å². The van der Waals surface area contributed by atoms with Crippen LogP contribution in [0.5, 0.6) is 0 Å². The summed E-state index contributed by atoms with van der Waals surface area (Å²) in [5.41, 5.74) is 0. The molecule has 0 saturated carbocycles. The number of halogens is 3. The summed E-state index contributed by atoms with van der Waals surface area (Å²) in [5, 5.41) is 0. The average molecular weight is 383 g/mol. The lowest BCUT2D eigenvalue weighted by Gasteiger charge is -2.33. The summed E-state index contributed by atoms with van der Waals surface area (Å²) in [7, 11) is 18.7. The third-order valence-corrected chi connectivity index (χ3v) is 2.40. The van der Waals surface area contributed by atoms with Gasteiger partial charge in [0, 0.05) is 0 Å². The molecule has 0 aliphatic heterocycles.